The SMILES string of the molecule is CCC(=O)C1=CC[C@@H]2CC[C@H]1N(C(=O)OCc1ccccc1)C2. The van der Waals surface area contributed by atoms with Crippen LogP contribution in [-0.4, -0.2) is 29.4 Å². The summed E-state index contributed by atoms with van der Waals surface area (Å²) in [6.07, 6.45) is 5.06. The van der Waals surface area contributed by atoms with Crippen molar-refractivity contribution < 1.29 is 14.3 Å². The van der Waals surface area contributed by atoms with Crippen LogP contribution in [0.1, 0.15) is 38.2 Å². The summed E-state index contributed by atoms with van der Waals surface area (Å²) in [6.45, 7) is 2.84. The Bertz CT molecular complexity index is 608. The maximum Gasteiger partial charge on any atom is 0.410 e. The van der Waals surface area contributed by atoms with Crippen LogP contribution in [0.4, 0.5) is 4.79 Å². The summed E-state index contributed by atoms with van der Waals surface area (Å²) in [6, 6.07) is 9.56. The predicted octanol–water partition coefficient (Wildman–Crippen LogP) is 3.71. The molecule has 2 heterocycles. The molecule has 0 N–H and O–H groups in total. The Balaban J connectivity index is 1.70. The number of hydrogen-bond donors (Lipinski definition) is 0. The van der Waals surface area contributed by atoms with Crippen molar-refractivity contribution in [3.05, 3.63) is 47.5 Å². The topological polar surface area (TPSA) is 46.6 Å². The summed E-state index contributed by atoms with van der Waals surface area (Å²) in [5, 5.41) is 0. The highest BCUT2D eigenvalue weighted by Gasteiger charge is 2.38. The molecule has 1 aliphatic carbocycles. The van der Waals surface area contributed by atoms with Crippen LogP contribution in [0, 0.1) is 5.92 Å². The largest absolute Gasteiger partial charge is 0.445 e. The number of ether oxygens (including phenoxy) is 1. The maximum absolute atomic E-state index is 12.5. The normalized spacial score (nSPS) is 23.2. The molecule has 0 radical (unpaired) electrons. The van der Waals surface area contributed by atoms with Crippen molar-refractivity contribution in [1.29, 1.82) is 0 Å². The van der Waals surface area contributed by atoms with Crippen LogP contribution < -0.4 is 0 Å². The maximum atomic E-state index is 12.5. The number of allylic oxidation sites excluding steroid dienone is 1. The average molecular weight is 313 g/mol. The first kappa shape index (κ1) is 15.8. The van der Waals surface area contributed by atoms with Crippen molar-refractivity contribution in [2.45, 2.75) is 45.3 Å². The summed E-state index contributed by atoms with van der Waals surface area (Å²) < 4.78 is 5.49. The second-order valence-electron chi connectivity index (χ2n) is 6.32. The van der Waals surface area contributed by atoms with E-state index in [-0.39, 0.29) is 24.5 Å². The molecule has 4 heteroatoms. The summed E-state index contributed by atoms with van der Waals surface area (Å²) in [4.78, 5) is 26.5. The number of nitrogens with zero attached hydrogens (tertiary/aromatic N) is 1. The lowest BCUT2D eigenvalue weighted by atomic mass is 9.91. The third-order valence-electron chi connectivity index (χ3n) is 4.79. The van der Waals surface area contributed by atoms with E-state index in [1.165, 1.54) is 0 Å². The van der Waals surface area contributed by atoms with Gasteiger partial charge in [-0.05, 0) is 30.7 Å². The molecule has 1 fully saturated rings. The first-order valence-corrected chi connectivity index (χ1v) is 8.39. The third-order valence-corrected chi connectivity index (χ3v) is 4.79. The lowest BCUT2D eigenvalue weighted by Crippen LogP contribution is -2.47. The minimum absolute atomic E-state index is 0.107. The van der Waals surface area contributed by atoms with Crippen LogP contribution in [0.15, 0.2) is 42.0 Å². The average Bonchev–Trinajstić information content (AvgIpc) is 2.92. The predicted molar refractivity (Wildman–Crippen MR) is 87.8 cm³/mol. The van der Waals surface area contributed by atoms with Crippen molar-refractivity contribution in [1.82, 2.24) is 4.90 Å². The van der Waals surface area contributed by atoms with Crippen molar-refractivity contribution in [3.8, 4) is 0 Å². The van der Waals surface area contributed by atoms with Gasteiger partial charge in [-0.15, -0.1) is 0 Å². The molecule has 23 heavy (non-hydrogen) atoms. The van der Waals surface area contributed by atoms with Crippen molar-refractivity contribution in [3.63, 3.8) is 0 Å². The lowest BCUT2D eigenvalue weighted by Gasteiger charge is -2.37. The van der Waals surface area contributed by atoms with E-state index in [1.54, 1.807) is 4.90 Å². The smallest absolute Gasteiger partial charge is 0.410 e. The molecule has 3 aliphatic rings. The van der Waals surface area contributed by atoms with Gasteiger partial charge in [0, 0.05) is 18.5 Å². The number of rotatable bonds is 4. The van der Waals surface area contributed by atoms with E-state index in [0.29, 0.717) is 18.9 Å². The number of ketones is 1. The molecule has 2 atom stereocenters. The highest BCUT2D eigenvalue weighted by atomic mass is 16.6. The summed E-state index contributed by atoms with van der Waals surface area (Å²) in [5.74, 6) is 0.594. The molecular formula is C19H23NO3. The molecule has 122 valence electrons. The summed E-state index contributed by atoms with van der Waals surface area (Å²) in [7, 11) is 0. The van der Waals surface area contributed by atoms with Crippen LogP contribution in [0.25, 0.3) is 0 Å². The van der Waals surface area contributed by atoms with E-state index >= 15 is 0 Å². The van der Waals surface area contributed by atoms with Crippen molar-refractivity contribution in [2.75, 3.05) is 6.54 Å². The molecule has 4 rings (SSSR count). The molecular weight excluding hydrogens is 290 g/mol. The van der Waals surface area contributed by atoms with E-state index in [0.717, 1.165) is 30.4 Å². The lowest BCUT2D eigenvalue weighted by molar-refractivity contribution is -0.116. The summed E-state index contributed by atoms with van der Waals surface area (Å²) in [5.41, 5.74) is 1.78. The quantitative estimate of drug-likeness (QED) is 0.851. The van der Waals surface area contributed by atoms with Crippen LogP contribution in [-0.2, 0) is 16.1 Å². The van der Waals surface area contributed by atoms with Gasteiger partial charge in [-0.25, -0.2) is 4.79 Å². The van der Waals surface area contributed by atoms with Gasteiger partial charge in [0.2, 0.25) is 0 Å². The second-order valence-corrected chi connectivity index (χ2v) is 6.32. The van der Waals surface area contributed by atoms with Crippen LogP contribution in [0.3, 0.4) is 0 Å². The monoisotopic (exact) mass is 313 g/mol. The zero-order chi connectivity index (χ0) is 16.2. The number of amides is 1. The highest BCUT2D eigenvalue weighted by Crippen LogP contribution is 2.34. The van der Waals surface area contributed by atoms with Crippen LogP contribution in [0.2, 0.25) is 0 Å². The van der Waals surface area contributed by atoms with Gasteiger partial charge in [-0.3, -0.25) is 4.79 Å². The molecule has 2 aliphatic heterocycles. The molecule has 0 aromatic heterocycles. The minimum Gasteiger partial charge on any atom is -0.445 e. The number of piperidine rings is 1. The van der Waals surface area contributed by atoms with E-state index in [4.69, 9.17) is 4.74 Å². The van der Waals surface area contributed by atoms with Gasteiger partial charge < -0.3 is 9.64 Å². The number of carbonyl (C=O) groups is 2. The van der Waals surface area contributed by atoms with E-state index < -0.39 is 0 Å². The molecule has 4 nitrogen and oxygen atoms in total. The van der Waals surface area contributed by atoms with Gasteiger partial charge >= 0.3 is 6.09 Å². The Morgan fingerprint density at radius 3 is 2.74 bits per heavy atom. The van der Waals surface area contributed by atoms with Gasteiger partial charge in [0.25, 0.3) is 0 Å². The Morgan fingerprint density at radius 2 is 2.00 bits per heavy atom. The number of Topliss-reactive ketones (excluding diaryl/α,β-unsaturated/α-hetero) is 1. The molecule has 1 aromatic rings. The summed E-state index contributed by atoms with van der Waals surface area (Å²) >= 11 is 0. The Labute approximate surface area is 137 Å². The Morgan fingerprint density at radius 1 is 1.22 bits per heavy atom. The van der Waals surface area contributed by atoms with Gasteiger partial charge in [-0.1, -0.05) is 43.3 Å². The first-order chi connectivity index (χ1) is 11.2. The van der Waals surface area contributed by atoms with Crippen LogP contribution in [0.5, 0.6) is 0 Å². The number of benzene rings is 1. The van der Waals surface area contributed by atoms with E-state index in [9.17, 15) is 9.59 Å². The zero-order valence-corrected chi connectivity index (χ0v) is 13.5. The standard InChI is InChI=1S/C19H23NO3/c1-2-18(21)16-10-8-14-9-11-17(16)20(12-14)19(22)23-13-15-6-4-3-5-7-15/h3-7,10,14,17H,2,8-9,11-13H2,1H3/t14-,17-/m1/s1. The third kappa shape index (κ3) is 3.46. The van der Waals surface area contributed by atoms with Gasteiger partial charge in [-0.2, -0.15) is 0 Å². The molecule has 2 bridgehead atoms. The zero-order valence-electron chi connectivity index (χ0n) is 13.5. The number of hydrogen-bond acceptors (Lipinski definition) is 3. The minimum atomic E-state index is -0.305. The highest BCUT2D eigenvalue weighted by molar-refractivity contribution is 5.97. The van der Waals surface area contributed by atoms with E-state index in [2.05, 4.69) is 6.08 Å². The molecule has 0 spiro atoms. The second kappa shape index (κ2) is 6.99. The number of carbonyl (C=O) groups excluding carboxylic acids is 2. The molecule has 1 amide bonds. The van der Waals surface area contributed by atoms with Crippen molar-refractivity contribution in [2.24, 2.45) is 5.92 Å². The first-order valence-electron chi connectivity index (χ1n) is 8.39. The van der Waals surface area contributed by atoms with Gasteiger partial charge in [0.1, 0.15) is 6.61 Å². The fourth-order valence-electron chi connectivity index (χ4n) is 3.50. The molecule has 0 unspecified atom stereocenters. The number of fused-ring (bicyclic) bond motifs is 3. The van der Waals surface area contributed by atoms with Gasteiger partial charge in [0.05, 0.1) is 6.04 Å². The molecule has 1 saturated heterocycles. The van der Waals surface area contributed by atoms with Crippen molar-refractivity contribution >= 4 is 11.9 Å². The fourth-order valence-corrected chi connectivity index (χ4v) is 3.50. The Hall–Kier alpha value is -2.10. The fraction of sp³-hybridized carbons (Fsp3) is 0.474. The Kier molecular flexibility index (Phi) is 4.79. The van der Waals surface area contributed by atoms with Crippen LogP contribution >= 0.6 is 0 Å². The molecule has 0 saturated carbocycles. The van der Waals surface area contributed by atoms with E-state index in [1.807, 2.05) is 37.3 Å². The van der Waals surface area contributed by atoms with Gasteiger partial charge in [0.15, 0.2) is 5.78 Å². The molecule has 1 aromatic carbocycles.